The minimum absolute atomic E-state index is 0.168. The number of rotatable bonds is 6. The van der Waals surface area contributed by atoms with E-state index in [1.54, 1.807) is 36.4 Å². The molecule has 0 aliphatic heterocycles. The van der Waals surface area contributed by atoms with Gasteiger partial charge in [0, 0.05) is 21.7 Å². The van der Waals surface area contributed by atoms with E-state index in [0.717, 1.165) is 6.08 Å². The quantitative estimate of drug-likeness (QED) is 0.767. The van der Waals surface area contributed by atoms with Crippen LogP contribution < -0.4 is 9.47 Å². The molecule has 0 radical (unpaired) electrons. The molecule has 0 aromatic heterocycles. The first-order valence-electron chi connectivity index (χ1n) is 6.66. The molecule has 2 aromatic rings. The van der Waals surface area contributed by atoms with E-state index in [1.807, 2.05) is 0 Å². The SMILES string of the molecule is COc1ccc(C=CC(=O)O)cc1OCc1c(Cl)cccc1Cl. The van der Waals surface area contributed by atoms with Crippen LogP contribution in [0.5, 0.6) is 11.5 Å². The van der Waals surface area contributed by atoms with Gasteiger partial charge in [-0.25, -0.2) is 4.79 Å². The number of carboxylic acid groups (broad SMARTS) is 1. The maximum absolute atomic E-state index is 10.6. The zero-order valence-electron chi connectivity index (χ0n) is 12.3. The van der Waals surface area contributed by atoms with Crippen LogP contribution in [0.15, 0.2) is 42.5 Å². The summed E-state index contributed by atoms with van der Waals surface area (Å²) in [7, 11) is 1.53. The second kappa shape index (κ2) is 7.90. The average Bonchev–Trinajstić information content (AvgIpc) is 2.52. The molecular weight excluding hydrogens is 339 g/mol. The fourth-order valence-corrected chi connectivity index (χ4v) is 2.40. The van der Waals surface area contributed by atoms with Crippen molar-refractivity contribution in [3.05, 3.63) is 63.6 Å². The predicted octanol–water partition coefficient (Wildman–Crippen LogP) is 4.68. The third-order valence-electron chi connectivity index (χ3n) is 3.04. The number of carbonyl (C=O) groups is 1. The highest BCUT2D eigenvalue weighted by atomic mass is 35.5. The molecule has 0 heterocycles. The van der Waals surface area contributed by atoms with Gasteiger partial charge in [0.05, 0.1) is 7.11 Å². The van der Waals surface area contributed by atoms with Gasteiger partial charge >= 0.3 is 5.97 Å². The maximum atomic E-state index is 10.6. The van der Waals surface area contributed by atoms with E-state index in [0.29, 0.717) is 32.7 Å². The molecule has 1 N–H and O–H groups in total. The van der Waals surface area contributed by atoms with Gasteiger partial charge in [0.1, 0.15) is 6.61 Å². The molecule has 0 amide bonds. The highest BCUT2D eigenvalue weighted by Crippen LogP contribution is 2.31. The Morgan fingerprint density at radius 1 is 1.17 bits per heavy atom. The summed E-state index contributed by atoms with van der Waals surface area (Å²) in [5.41, 5.74) is 1.35. The molecule has 120 valence electrons. The van der Waals surface area contributed by atoms with E-state index in [2.05, 4.69) is 0 Å². The highest BCUT2D eigenvalue weighted by Gasteiger charge is 2.09. The number of hydrogen-bond donors (Lipinski definition) is 1. The number of hydrogen-bond acceptors (Lipinski definition) is 3. The van der Waals surface area contributed by atoms with Gasteiger partial charge in [-0.3, -0.25) is 0 Å². The summed E-state index contributed by atoms with van der Waals surface area (Å²) in [4.78, 5) is 10.6. The van der Waals surface area contributed by atoms with Crippen LogP contribution in [0.2, 0.25) is 10.0 Å². The molecule has 23 heavy (non-hydrogen) atoms. The van der Waals surface area contributed by atoms with Crippen molar-refractivity contribution >= 4 is 35.2 Å². The molecule has 0 saturated carbocycles. The van der Waals surface area contributed by atoms with E-state index in [1.165, 1.54) is 13.2 Å². The Labute approximate surface area is 143 Å². The average molecular weight is 353 g/mol. The van der Waals surface area contributed by atoms with Crippen molar-refractivity contribution in [2.75, 3.05) is 7.11 Å². The second-order valence-electron chi connectivity index (χ2n) is 4.57. The second-order valence-corrected chi connectivity index (χ2v) is 5.39. The maximum Gasteiger partial charge on any atom is 0.328 e. The first kappa shape index (κ1) is 17.2. The van der Waals surface area contributed by atoms with Crippen molar-refractivity contribution < 1.29 is 19.4 Å². The fraction of sp³-hybridized carbons (Fsp3) is 0.118. The lowest BCUT2D eigenvalue weighted by Gasteiger charge is -2.13. The van der Waals surface area contributed by atoms with Crippen molar-refractivity contribution in [2.45, 2.75) is 6.61 Å². The van der Waals surface area contributed by atoms with Crippen LogP contribution in [-0.4, -0.2) is 18.2 Å². The molecule has 2 aromatic carbocycles. The summed E-state index contributed by atoms with van der Waals surface area (Å²) in [6.45, 7) is 0.168. The van der Waals surface area contributed by atoms with Crippen LogP contribution in [0.3, 0.4) is 0 Å². The van der Waals surface area contributed by atoms with Crippen molar-refractivity contribution in [1.82, 2.24) is 0 Å². The van der Waals surface area contributed by atoms with Gasteiger partial charge < -0.3 is 14.6 Å². The minimum atomic E-state index is -1.02. The van der Waals surface area contributed by atoms with Crippen LogP contribution >= 0.6 is 23.2 Å². The van der Waals surface area contributed by atoms with Crippen LogP contribution in [0.4, 0.5) is 0 Å². The lowest BCUT2D eigenvalue weighted by molar-refractivity contribution is -0.131. The molecule has 0 aliphatic rings. The summed E-state index contributed by atoms with van der Waals surface area (Å²) in [6, 6.07) is 10.3. The Morgan fingerprint density at radius 3 is 2.48 bits per heavy atom. The van der Waals surface area contributed by atoms with Gasteiger partial charge in [0.15, 0.2) is 11.5 Å². The Kier molecular flexibility index (Phi) is 5.90. The molecule has 0 spiro atoms. The van der Waals surface area contributed by atoms with E-state index in [-0.39, 0.29) is 6.61 Å². The van der Waals surface area contributed by atoms with Crippen molar-refractivity contribution in [3.8, 4) is 11.5 Å². The van der Waals surface area contributed by atoms with Gasteiger partial charge in [-0.2, -0.15) is 0 Å². The summed E-state index contributed by atoms with van der Waals surface area (Å²) in [5, 5.41) is 9.71. The standard InChI is InChI=1S/C17H14Cl2O4/c1-22-15-7-5-11(6-8-17(20)21)9-16(15)23-10-12-13(18)3-2-4-14(12)19/h2-9H,10H2,1H3,(H,20,21). The first-order valence-corrected chi connectivity index (χ1v) is 7.41. The normalized spacial score (nSPS) is 10.7. The van der Waals surface area contributed by atoms with Crippen LogP contribution in [-0.2, 0) is 11.4 Å². The summed E-state index contributed by atoms with van der Waals surface area (Å²) in [6.07, 6.45) is 2.52. The number of halogens is 2. The summed E-state index contributed by atoms with van der Waals surface area (Å²) in [5.74, 6) is -0.0252. The molecule has 0 atom stereocenters. The molecule has 4 nitrogen and oxygen atoms in total. The van der Waals surface area contributed by atoms with Gasteiger partial charge in [-0.15, -0.1) is 0 Å². The van der Waals surface area contributed by atoms with E-state index in [4.69, 9.17) is 37.8 Å². The number of ether oxygens (including phenoxy) is 2. The molecule has 0 fully saturated rings. The number of carboxylic acids is 1. The van der Waals surface area contributed by atoms with Gasteiger partial charge in [-0.05, 0) is 35.9 Å². The molecular formula is C17H14Cl2O4. The molecule has 6 heteroatoms. The lowest BCUT2D eigenvalue weighted by Crippen LogP contribution is -1.99. The number of benzene rings is 2. The largest absolute Gasteiger partial charge is 0.493 e. The van der Waals surface area contributed by atoms with E-state index < -0.39 is 5.97 Å². The summed E-state index contributed by atoms with van der Waals surface area (Å²) >= 11 is 12.2. The predicted molar refractivity (Wildman–Crippen MR) is 90.5 cm³/mol. The molecule has 0 aliphatic carbocycles. The van der Waals surface area contributed by atoms with Crippen molar-refractivity contribution in [3.63, 3.8) is 0 Å². The minimum Gasteiger partial charge on any atom is -0.493 e. The van der Waals surface area contributed by atoms with Crippen molar-refractivity contribution in [1.29, 1.82) is 0 Å². The Hall–Kier alpha value is -2.17. The number of methoxy groups -OCH3 is 1. The molecule has 0 bridgehead atoms. The van der Waals surface area contributed by atoms with Crippen LogP contribution in [0.1, 0.15) is 11.1 Å². The Balaban J connectivity index is 2.24. The first-order chi connectivity index (χ1) is 11.0. The zero-order chi connectivity index (χ0) is 16.8. The Bertz CT molecular complexity index is 721. The van der Waals surface area contributed by atoms with Gasteiger partial charge in [0.2, 0.25) is 0 Å². The van der Waals surface area contributed by atoms with Gasteiger partial charge in [-0.1, -0.05) is 35.3 Å². The molecule has 0 unspecified atom stereocenters. The third kappa shape index (κ3) is 4.65. The van der Waals surface area contributed by atoms with Crippen molar-refractivity contribution in [2.24, 2.45) is 0 Å². The highest BCUT2D eigenvalue weighted by molar-refractivity contribution is 6.35. The third-order valence-corrected chi connectivity index (χ3v) is 3.75. The number of aliphatic carboxylic acids is 1. The van der Waals surface area contributed by atoms with Gasteiger partial charge in [0.25, 0.3) is 0 Å². The smallest absolute Gasteiger partial charge is 0.328 e. The van der Waals surface area contributed by atoms with E-state index in [9.17, 15) is 4.79 Å². The topological polar surface area (TPSA) is 55.8 Å². The lowest BCUT2D eigenvalue weighted by atomic mass is 10.2. The molecule has 0 saturated heterocycles. The fourth-order valence-electron chi connectivity index (χ4n) is 1.90. The monoisotopic (exact) mass is 352 g/mol. The Morgan fingerprint density at radius 2 is 1.87 bits per heavy atom. The van der Waals surface area contributed by atoms with Crippen LogP contribution in [0.25, 0.3) is 6.08 Å². The summed E-state index contributed by atoms with van der Waals surface area (Å²) < 4.78 is 11.0. The zero-order valence-corrected chi connectivity index (χ0v) is 13.8. The van der Waals surface area contributed by atoms with E-state index >= 15 is 0 Å². The van der Waals surface area contributed by atoms with Crippen LogP contribution in [0, 0.1) is 0 Å². The molecule has 2 rings (SSSR count).